The summed E-state index contributed by atoms with van der Waals surface area (Å²) in [5.41, 5.74) is 14.0. The SMILES string of the molecule is NCCCCC(NC(=O)C(CO)NC(=O)C(N)Cc1ccccc1)C(=O)NC(Cc1c[nH]c2ccccc12)C(=O)O. The van der Waals surface area contributed by atoms with Gasteiger partial charge in [-0.2, -0.15) is 0 Å². The van der Waals surface area contributed by atoms with Crippen LogP contribution in [0, 0.1) is 0 Å². The average molecular weight is 567 g/mol. The summed E-state index contributed by atoms with van der Waals surface area (Å²) in [5.74, 6) is -3.38. The van der Waals surface area contributed by atoms with Gasteiger partial charge in [0.2, 0.25) is 17.7 Å². The number of aliphatic hydroxyl groups is 1. The Morgan fingerprint density at radius 1 is 0.805 bits per heavy atom. The van der Waals surface area contributed by atoms with E-state index in [9.17, 15) is 29.4 Å². The summed E-state index contributed by atoms with van der Waals surface area (Å²) in [6.07, 6.45) is 3.17. The fourth-order valence-electron chi connectivity index (χ4n) is 4.46. The molecule has 3 amide bonds. The molecule has 0 spiro atoms. The maximum atomic E-state index is 13.2. The molecule has 0 fully saturated rings. The van der Waals surface area contributed by atoms with Crippen LogP contribution in [0.4, 0.5) is 0 Å². The molecular formula is C29H38N6O6. The first-order chi connectivity index (χ1) is 19.7. The minimum atomic E-state index is -1.37. The van der Waals surface area contributed by atoms with Crippen LogP contribution in [0.3, 0.4) is 0 Å². The second-order valence-electron chi connectivity index (χ2n) is 9.85. The second kappa shape index (κ2) is 15.5. The lowest BCUT2D eigenvalue weighted by molar-refractivity contribution is -0.142. The van der Waals surface area contributed by atoms with Gasteiger partial charge in [0.1, 0.15) is 18.1 Å². The van der Waals surface area contributed by atoms with Crippen LogP contribution in [0.25, 0.3) is 10.9 Å². The number of hydrogen-bond acceptors (Lipinski definition) is 7. The number of nitrogens with one attached hydrogen (secondary N) is 4. The van der Waals surface area contributed by atoms with Crippen molar-refractivity contribution in [2.75, 3.05) is 13.2 Å². The zero-order chi connectivity index (χ0) is 29.8. The topological polar surface area (TPSA) is 213 Å². The molecule has 3 aromatic rings. The summed E-state index contributed by atoms with van der Waals surface area (Å²) >= 11 is 0. The van der Waals surface area contributed by atoms with Gasteiger partial charge in [0.05, 0.1) is 12.6 Å². The zero-order valence-electron chi connectivity index (χ0n) is 22.7. The molecule has 0 bridgehead atoms. The highest BCUT2D eigenvalue weighted by molar-refractivity contribution is 5.94. The van der Waals surface area contributed by atoms with Crippen LogP contribution >= 0.6 is 0 Å². The Bertz CT molecular complexity index is 1310. The number of aromatic amines is 1. The molecule has 0 aliphatic heterocycles. The number of unbranched alkanes of at least 4 members (excludes halogenated alkanes) is 1. The van der Waals surface area contributed by atoms with Crippen LogP contribution in [0.2, 0.25) is 0 Å². The normalized spacial score (nSPS) is 14.0. The van der Waals surface area contributed by atoms with Crippen molar-refractivity contribution in [1.82, 2.24) is 20.9 Å². The lowest BCUT2D eigenvalue weighted by Crippen LogP contribution is -2.58. The number of H-pyrrole nitrogens is 1. The molecule has 2 aromatic carbocycles. The molecule has 1 heterocycles. The van der Waals surface area contributed by atoms with Crippen LogP contribution in [0.15, 0.2) is 60.8 Å². The van der Waals surface area contributed by atoms with Crippen molar-refractivity contribution in [1.29, 1.82) is 0 Å². The Kier molecular flexibility index (Phi) is 11.8. The molecule has 4 unspecified atom stereocenters. The van der Waals surface area contributed by atoms with Crippen LogP contribution in [0.5, 0.6) is 0 Å². The van der Waals surface area contributed by atoms with Gasteiger partial charge in [-0.15, -0.1) is 0 Å². The minimum absolute atomic E-state index is 0.0170. The number of aliphatic carboxylic acids is 1. The first-order valence-electron chi connectivity index (χ1n) is 13.5. The van der Waals surface area contributed by atoms with Gasteiger partial charge in [-0.3, -0.25) is 14.4 Å². The fraction of sp³-hybridized carbons (Fsp3) is 0.379. The molecule has 12 heteroatoms. The molecule has 1 aromatic heterocycles. The van der Waals surface area contributed by atoms with Gasteiger partial charge in [0, 0.05) is 23.5 Å². The number of aromatic nitrogens is 1. The Morgan fingerprint density at radius 2 is 1.44 bits per heavy atom. The van der Waals surface area contributed by atoms with Crippen LogP contribution < -0.4 is 27.4 Å². The van der Waals surface area contributed by atoms with Crippen molar-refractivity contribution in [3.8, 4) is 0 Å². The van der Waals surface area contributed by atoms with E-state index in [1.165, 1.54) is 0 Å². The molecular weight excluding hydrogens is 528 g/mol. The molecule has 12 nitrogen and oxygen atoms in total. The maximum absolute atomic E-state index is 13.2. The number of carbonyl (C=O) groups excluding carboxylic acids is 3. The molecule has 4 atom stereocenters. The van der Waals surface area contributed by atoms with Gasteiger partial charge in [-0.1, -0.05) is 48.5 Å². The van der Waals surface area contributed by atoms with E-state index >= 15 is 0 Å². The first-order valence-corrected chi connectivity index (χ1v) is 13.5. The number of fused-ring (bicyclic) bond motifs is 1. The van der Waals surface area contributed by atoms with Crippen LogP contribution in [-0.2, 0) is 32.0 Å². The number of carboxylic acid groups (broad SMARTS) is 1. The van der Waals surface area contributed by atoms with E-state index in [1.54, 1.807) is 6.20 Å². The summed E-state index contributed by atoms with van der Waals surface area (Å²) < 4.78 is 0. The average Bonchev–Trinajstić information content (AvgIpc) is 3.37. The fourth-order valence-corrected chi connectivity index (χ4v) is 4.46. The predicted octanol–water partition coefficient (Wildman–Crippen LogP) is -0.0593. The number of benzene rings is 2. The first kappa shape index (κ1) is 31.3. The zero-order valence-corrected chi connectivity index (χ0v) is 22.7. The molecule has 3 rings (SSSR count). The van der Waals surface area contributed by atoms with Gasteiger partial charge in [-0.25, -0.2) is 4.79 Å². The van der Waals surface area contributed by atoms with Crippen LogP contribution in [-0.4, -0.2) is 76.2 Å². The van der Waals surface area contributed by atoms with Gasteiger partial charge in [0.15, 0.2) is 0 Å². The smallest absolute Gasteiger partial charge is 0.326 e. The molecule has 41 heavy (non-hydrogen) atoms. The third-order valence-corrected chi connectivity index (χ3v) is 6.74. The van der Waals surface area contributed by atoms with Crippen molar-refractivity contribution >= 4 is 34.6 Å². The van der Waals surface area contributed by atoms with Crippen molar-refractivity contribution in [3.05, 3.63) is 71.9 Å². The van der Waals surface area contributed by atoms with E-state index in [4.69, 9.17) is 11.5 Å². The summed E-state index contributed by atoms with van der Waals surface area (Å²) in [6, 6.07) is 11.8. The van der Waals surface area contributed by atoms with E-state index in [1.807, 2.05) is 54.6 Å². The highest BCUT2D eigenvalue weighted by Crippen LogP contribution is 2.19. The summed E-state index contributed by atoms with van der Waals surface area (Å²) in [6.45, 7) is -0.361. The standard InChI is InChI=1S/C29H38N6O6/c30-13-7-6-12-23(27(38)34-24(29(40)41)15-19-16-32-22-11-5-4-10-20(19)22)33-28(39)25(17-36)35-26(37)21(31)14-18-8-2-1-3-9-18/h1-5,8-11,16,21,23-25,32,36H,6-7,12-15,17,30-31H2,(H,33,39)(H,34,38)(H,35,37)(H,40,41). The number of hydrogen-bond donors (Lipinski definition) is 8. The molecule has 0 aliphatic rings. The number of para-hydroxylation sites is 1. The van der Waals surface area contributed by atoms with E-state index in [2.05, 4.69) is 20.9 Å². The highest BCUT2D eigenvalue weighted by Gasteiger charge is 2.30. The lowest BCUT2D eigenvalue weighted by Gasteiger charge is -2.24. The van der Waals surface area contributed by atoms with Gasteiger partial charge in [0.25, 0.3) is 0 Å². The molecule has 220 valence electrons. The Labute approximate surface area is 237 Å². The highest BCUT2D eigenvalue weighted by atomic mass is 16.4. The number of rotatable bonds is 16. The number of aliphatic hydroxyl groups excluding tert-OH is 1. The molecule has 0 saturated heterocycles. The number of amides is 3. The van der Waals surface area contributed by atoms with E-state index in [0.29, 0.717) is 24.9 Å². The summed E-state index contributed by atoms with van der Waals surface area (Å²) in [7, 11) is 0. The largest absolute Gasteiger partial charge is 0.480 e. The third kappa shape index (κ3) is 9.13. The molecule has 0 aliphatic carbocycles. The van der Waals surface area contributed by atoms with E-state index in [-0.39, 0.29) is 19.3 Å². The van der Waals surface area contributed by atoms with Gasteiger partial charge < -0.3 is 42.6 Å². The van der Waals surface area contributed by atoms with E-state index < -0.39 is 54.5 Å². The van der Waals surface area contributed by atoms with Crippen molar-refractivity contribution < 1.29 is 29.4 Å². The molecule has 0 saturated carbocycles. The van der Waals surface area contributed by atoms with Gasteiger partial charge in [-0.05, 0) is 49.4 Å². The summed E-state index contributed by atoms with van der Waals surface area (Å²) in [5, 5.41) is 28.0. The molecule has 10 N–H and O–H groups in total. The number of nitrogens with two attached hydrogens (primary N) is 2. The van der Waals surface area contributed by atoms with Crippen molar-refractivity contribution in [2.45, 2.75) is 56.3 Å². The maximum Gasteiger partial charge on any atom is 0.326 e. The monoisotopic (exact) mass is 566 g/mol. The Morgan fingerprint density at radius 3 is 2.12 bits per heavy atom. The minimum Gasteiger partial charge on any atom is -0.480 e. The van der Waals surface area contributed by atoms with Crippen molar-refractivity contribution in [3.63, 3.8) is 0 Å². The Balaban J connectivity index is 1.66. The number of carboxylic acids is 1. The quantitative estimate of drug-likeness (QED) is 0.110. The Hall–Kier alpha value is -4.26. The number of carbonyl (C=O) groups is 4. The third-order valence-electron chi connectivity index (χ3n) is 6.74. The van der Waals surface area contributed by atoms with E-state index in [0.717, 1.165) is 16.5 Å². The lowest BCUT2D eigenvalue weighted by atomic mass is 10.0. The van der Waals surface area contributed by atoms with Gasteiger partial charge >= 0.3 is 5.97 Å². The summed E-state index contributed by atoms with van der Waals surface area (Å²) in [4.78, 5) is 54.0. The van der Waals surface area contributed by atoms with Crippen molar-refractivity contribution in [2.24, 2.45) is 11.5 Å². The molecule has 0 radical (unpaired) electrons. The van der Waals surface area contributed by atoms with Crippen LogP contribution in [0.1, 0.15) is 30.4 Å². The predicted molar refractivity (Wildman–Crippen MR) is 154 cm³/mol. The second-order valence-corrected chi connectivity index (χ2v) is 9.85.